The van der Waals surface area contributed by atoms with E-state index in [-0.39, 0.29) is 23.0 Å². The van der Waals surface area contributed by atoms with Gasteiger partial charge in [0.15, 0.2) is 0 Å². The molecule has 2 aromatic rings. The van der Waals surface area contributed by atoms with Gasteiger partial charge in [0.2, 0.25) is 10.0 Å². The number of benzene rings is 2. The van der Waals surface area contributed by atoms with E-state index in [1.54, 1.807) is 12.1 Å². The highest BCUT2D eigenvalue weighted by Gasteiger charge is 2.32. The maximum Gasteiger partial charge on any atom is 0.255 e. The summed E-state index contributed by atoms with van der Waals surface area (Å²) in [6.07, 6.45) is 1.78. The molecule has 1 fully saturated rings. The van der Waals surface area contributed by atoms with Crippen molar-refractivity contribution in [1.82, 2.24) is 4.31 Å². The third-order valence-corrected chi connectivity index (χ3v) is 6.74. The van der Waals surface area contributed by atoms with Crippen LogP contribution in [0.1, 0.15) is 43.1 Å². The van der Waals surface area contributed by atoms with Crippen molar-refractivity contribution in [1.29, 1.82) is 0 Å². The van der Waals surface area contributed by atoms with Crippen LogP contribution in [-0.4, -0.2) is 43.9 Å². The zero-order chi connectivity index (χ0) is 21.0. The Kier molecular flexibility index (Phi) is 6.72. The highest BCUT2D eigenvalue weighted by Crippen LogP contribution is 2.22. The molecule has 3 rings (SSSR count). The van der Waals surface area contributed by atoms with E-state index in [0.717, 1.165) is 12.8 Å². The zero-order valence-electron chi connectivity index (χ0n) is 17.1. The molecule has 1 amide bonds. The molecular weight excluding hydrogens is 388 g/mol. The number of anilines is 1. The van der Waals surface area contributed by atoms with Crippen molar-refractivity contribution < 1.29 is 17.9 Å². The van der Waals surface area contributed by atoms with Crippen molar-refractivity contribution in [2.24, 2.45) is 0 Å². The van der Waals surface area contributed by atoms with Crippen LogP contribution < -0.4 is 5.32 Å². The van der Waals surface area contributed by atoms with Crippen LogP contribution in [0.15, 0.2) is 53.4 Å². The van der Waals surface area contributed by atoms with Gasteiger partial charge in [0.1, 0.15) is 0 Å². The fraction of sp³-hybridized carbons (Fsp3) is 0.409. The number of carbonyl (C=O) groups is 1. The average molecular weight is 417 g/mol. The Hall–Kier alpha value is -2.22. The number of ether oxygens (including phenoxy) is 1. The zero-order valence-corrected chi connectivity index (χ0v) is 17.9. The van der Waals surface area contributed by atoms with Gasteiger partial charge in [-0.1, -0.05) is 25.5 Å². The van der Waals surface area contributed by atoms with Crippen LogP contribution in [0.25, 0.3) is 0 Å². The number of sulfonamides is 1. The first-order chi connectivity index (χ1) is 13.8. The Bertz CT molecular complexity index is 930. The van der Waals surface area contributed by atoms with Gasteiger partial charge in [0, 0.05) is 24.3 Å². The second-order valence-electron chi connectivity index (χ2n) is 7.50. The minimum absolute atomic E-state index is 0.151. The van der Waals surface area contributed by atoms with Crippen LogP contribution in [-0.2, 0) is 21.2 Å². The molecule has 0 bridgehead atoms. The van der Waals surface area contributed by atoms with E-state index in [9.17, 15) is 13.2 Å². The van der Waals surface area contributed by atoms with Gasteiger partial charge >= 0.3 is 0 Å². The summed E-state index contributed by atoms with van der Waals surface area (Å²) in [5.41, 5.74) is 2.35. The highest BCUT2D eigenvalue weighted by atomic mass is 32.2. The number of nitrogens with one attached hydrogen (secondary N) is 1. The largest absolute Gasteiger partial charge is 0.373 e. The summed E-state index contributed by atoms with van der Waals surface area (Å²) in [6.45, 7) is 6.49. The molecule has 0 aliphatic carbocycles. The van der Waals surface area contributed by atoms with Crippen molar-refractivity contribution in [2.75, 3.05) is 18.4 Å². The maximum atomic E-state index is 12.9. The normalized spacial score (nSPS) is 20.4. The summed E-state index contributed by atoms with van der Waals surface area (Å²) in [6, 6.07) is 13.8. The molecule has 1 saturated heterocycles. The van der Waals surface area contributed by atoms with E-state index in [0.29, 0.717) is 24.3 Å². The summed E-state index contributed by atoms with van der Waals surface area (Å²) in [4.78, 5) is 12.7. The van der Waals surface area contributed by atoms with E-state index in [1.165, 1.54) is 22.0 Å². The van der Waals surface area contributed by atoms with Gasteiger partial charge in [0.05, 0.1) is 17.1 Å². The molecule has 156 valence electrons. The molecule has 29 heavy (non-hydrogen) atoms. The molecule has 0 saturated carbocycles. The maximum absolute atomic E-state index is 12.9. The number of morpholine rings is 1. The Labute approximate surface area is 172 Å². The van der Waals surface area contributed by atoms with Crippen molar-refractivity contribution in [3.05, 3.63) is 59.7 Å². The first kappa shape index (κ1) is 21.5. The Morgan fingerprint density at radius 2 is 1.62 bits per heavy atom. The number of rotatable bonds is 6. The Morgan fingerprint density at radius 1 is 1.03 bits per heavy atom. The van der Waals surface area contributed by atoms with Gasteiger partial charge < -0.3 is 10.1 Å². The van der Waals surface area contributed by atoms with Gasteiger partial charge in [-0.15, -0.1) is 0 Å². The van der Waals surface area contributed by atoms with Crippen LogP contribution in [0, 0.1) is 0 Å². The van der Waals surface area contributed by atoms with Gasteiger partial charge in [-0.25, -0.2) is 8.42 Å². The molecule has 1 heterocycles. The molecule has 1 aliphatic heterocycles. The summed E-state index contributed by atoms with van der Waals surface area (Å²) in [5, 5.41) is 2.85. The van der Waals surface area contributed by atoms with E-state index in [1.807, 2.05) is 38.1 Å². The summed E-state index contributed by atoms with van der Waals surface area (Å²) < 4.78 is 32.9. The van der Waals surface area contributed by atoms with Crippen molar-refractivity contribution in [2.45, 2.75) is 50.7 Å². The lowest BCUT2D eigenvalue weighted by Gasteiger charge is -2.34. The van der Waals surface area contributed by atoms with Gasteiger partial charge in [0.25, 0.3) is 5.91 Å². The van der Waals surface area contributed by atoms with Crippen LogP contribution in [0.3, 0.4) is 0 Å². The molecule has 6 nitrogen and oxygen atoms in total. The monoisotopic (exact) mass is 416 g/mol. The van der Waals surface area contributed by atoms with Crippen molar-refractivity contribution >= 4 is 21.6 Å². The molecule has 7 heteroatoms. The fourth-order valence-corrected chi connectivity index (χ4v) is 5.09. The first-order valence-electron chi connectivity index (χ1n) is 9.95. The van der Waals surface area contributed by atoms with Crippen molar-refractivity contribution in [3.8, 4) is 0 Å². The topological polar surface area (TPSA) is 75.7 Å². The lowest BCUT2D eigenvalue weighted by molar-refractivity contribution is -0.0440. The molecule has 1 N–H and O–H groups in total. The van der Waals surface area contributed by atoms with Crippen LogP contribution in [0.5, 0.6) is 0 Å². The number of nitrogens with zero attached hydrogens (tertiary/aromatic N) is 1. The molecule has 1 aliphatic rings. The van der Waals surface area contributed by atoms with Gasteiger partial charge in [-0.05, 0) is 62.2 Å². The highest BCUT2D eigenvalue weighted by molar-refractivity contribution is 7.89. The number of carbonyl (C=O) groups excluding carboxylic acids is 1. The van der Waals surface area contributed by atoms with Crippen LogP contribution in [0.4, 0.5) is 5.69 Å². The minimum atomic E-state index is -3.62. The van der Waals surface area contributed by atoms with E-state index >= 15 is 0 Å². The molecular formula is C22H28N2O4S. The Morgan fingerprint density at radius 3 is 2.17 bits per heavy atom. The second kappa shape index (κ2) is 9.07. The number of amides is 1. The summed E-state index contributed by atoms with van der Waals surface area (Å²) >= 11 is 0. The van der Waals surface area contributed by atoms with E-state index in [2.05, 4.69) is 12.2 Å². The minimum Gasteiger partial charge on any atom is -0.373 e. The smallest absolute Gasteiger partial charge is 0.255 e. The second-order valence-corrected chi connectivity index (χ2v) is 9.44. The lowest BCUT2D eigenvalue weighted by Crippen LogP contribution is -2.48. The predicted molar refractivity (Wildman–Crippen MR) is 114 cm³/mol. The SMILES string of the molecule is CCCc1ccc(NC(=O)c2ccc(S(=O)(=O)N3C[C@@H](C)O[C@H](C)C3)cc2)cc1. The first-order valence-corrected chi connectivity index (χ1v) is 11.4. The quantitative estimate of drug-likeness (QED) is 0.779. The predicted octanol–water partition coefficient (Wildman–Crippen LogP) is 3.69. The third kappa shape index (κ3) is 5.23. The molecule has 0 aromatic heterocycles. The average Bonchev–Trinajstić information content (AvgIpc) is 2.69. The van der Waals surface area contributed by atoms with Crippen LogP contribution in [0.2, 0.25) is 0 Å². The van der Waals surface area contributed by atoms with E-state index in [4.69, 9.17) is 4.74 Å². The van der Waals surface area contributed by atoms with Gasteiger partial charge in [-0.3, -0.25) is 4.79 Å². The standard InChI is InChI=1S/C22H28N2O4S/c1-4-5-18-6-10-20(11-7-18)23-22(25)19-8-12-21(13-9-19)29(26,27)24-14-16(2)28-17(3)15-24/h6-13,16-17H,4-5,14-15H2,1-3H3,(H,23,25)/t16-,17-/m1/s1. The van der Waals surface area contributed by atoms with Crippen LogP contribution >= 0.6 is 0 Å². The van der Waals surface area contributed by atoms with Gasteiger partial charge in [-0.2, -0.15) is 4.31 Å². The molecule has 2 atom stereocenters. The Balaban J connectivity index is 1.69. The number of hydrogen-bond acceptors (Lipinski definition) is 4. The third-order valence-electron chi connectivity index (χ3n) is 4.89. The molecule has 0 unspecified atom stereocenters. The fourth-order valence-electron chi connectivity index (χ4n) is 3.50. The van der Waals surface area contributed by atoms with E-state index < -0.39 is 10.0 Å². The van der Waals surface area contributed by atoms with Crippen molar-refractivity contribution in [3.63, 3.8) is 0 Å². The molecule has 0 spiro atoms. The summed E-state index contributed by atoms with van der Waals surface area (Å²) in [7, 11) is -3.62. The molecule has 0 radical (unpaired) electrons. The lowest BCUT2D eigenvalue weighted by atomic mass is 10.1. The number of hydrogen-bond donors (Lipinski definition) is 1. The number of aryl methyl sites for hydroxylation is 1. The summed E-state index contributed by atoms with van der Waals surface area (Å²) in [5.74, 6) is -0.272. The molecule has 2 aromatic carbocycles.